The van der Waals surface area contributed by atoms with Crippen LogP contribution in [0.5, 0.6) is 0 Å². The number of nitrogens with zero attached hydrogens (tertiary/aromatic N) is 1. The van der Waals surface area contributed by atoms with E-state index in [1.165, 1.54) is 41.4 Å². The van der Waals surface area contributed by atoms with Crippen LogP contribution < -0.4 is 10.2 Å². The minimum Gasteiger partial charge on any atom is -0.371 e. The Morgan fingerprint density at radius 3 is 2.52 bits per heavy atom. The van der Waals surface area contributed by atoms with Crippen molar-refractivity contribution in [1.82, 2.24) is 5.32 Å². The van der Waals surface area contributed by atoms with Gasteiger partial charge in [-0.2, -0.15) is 0 Å². The van der Waals surface area contributed by atoms with Gasteiger partial charge in [0, 0.05) is 35.8 Å². The molecule has 1 aromatic carbocycles. The van der Waals surface area contributed by atoms with Crippen molar-refractivity contribution in [2.45, 2.75) is 65.1 Å². The van der Waals surface area contributed by atoms with Gasteiger partial charge >= 0.3 is 0 Å². The monoisotopic (exact) mass is 352 g/mol. The molecule has 2 nitrogen and oxygen atoms in total. The molecule has 0 bridgehead atoms. The minimum absolute atomic E-state index is 0.516. The van der Waals surface area contributed by atoms with Gasteiger partial charge in [0.05, 0.1) is 0 Å². The highest BCUT2D eigenvalue weighted by molar-refractivity contribution is 9.10. The highest BCUT2D eigenvalue weighted by atomic mass is 79.9. The molecule has 0 saturated heterocycles. The van der Waals surface area contributed by atoms with Gasteiger partial charge in [0.1, 0.15) is 0 Å². The third-order valence-electron chi connectivity index (χ3n) is 4.66. The van der Waals surface area contributed by atoms with Crippen LogP contribution in [0, 0.1) is 5.92 Å². The molecule has 0 unspecified atom stereocenters. The van der Waals surface area contributed by atoms with Crippen LogP contribution in [0.25, 0.3) is 0 Å². The summed E-state index contributed by atoms with van der Waals surface area (Å²) >= 11 is 3.63. The fourth-order valence-electron chi connectivity index (χ4n) is 3.16. The molecule has 0 amide bonds. The van der Waals surface area contributed by atoms with E-state index in [1.807, 2.05) is 0 Å². The van der Waals surface area contributed by atoms with Gasteiger partial charge in [0.2, 0.25) is 0 Å². The van der Waals surface area contributed by atoms with E-state index >= 15 is 0 Å². The van der Waals surface area contributed by atoms with E-state index in [9.17, 15) is 0 Å². The van der Waals surface area contributed by atoms with Crippen molar-refractivity contribution in [3.63, 3.8) is 0 Å². The summed E-state index contributed by atoms with van der Waals surface area (Å²) in [6, 6.07) is 7.87. The van der Waals surface area contributed by atoms with E-state index in [2.05, 4.69) is 72.2 Å². The first-order chi connectivity index (χ1) is 9.97. The first kappa shape index (κ1) is 16.8. The van der Waals surface area contributed by atoms with E-state index in [1.54, 1.807) is 0 Å². The highest BCUT2D eigenvalue weighted by Gasteiger charge is 2.23. The highest BCUT2D eigenvalue weighted by Crippen LogP contribution is 2.32. The second kappa shape index (κ2) is 7.64. The van der Waals surface area contributed by atoms with Crippen LogP contribution >= 0.6 is 15.9 Å². The average molecular weight is 353 g/mol. The SMILES string of the molecule is CC1CCC(N(C)c2cc(Br)ccc2CNC(C)C)CC1. The number of hydrogen-bond donors (Lipinski definition) is 1. The van der Waals surface area contributed by atoms with Crippen LogP contribution in [0.15, 0.2) is 22.7 Å². The Kier molecular flexibility index (Phi) is 6.12. The van der Waals surface area contributed by atoms with Gasteiger partial charge < -0.3 is 10.2 Å². The smallest absolute Gasteiger partial charge is 0.0423 e. The van der Waals surface area contributed by atoms with E-state index in [4.69, 9.17) is 0 Å². The summed E-state index contributed by atoms with van der Waals surface area (Å²) in [5, 5.41) is 3.54. The van der Waals surface area contributed by atoms with Crippen molar-refractivity contribution in [3.05, 3.63) is 28.2 Å². The quantitative estimate of drug-likeness (QED) is 0.805. The zero-order valence-electron chi connectivity index (χ0n) is 13.8. The molecular formula is C18H29BrN2. The number of benzene rings is 1. The Morgan fingerprint density at radius 2 is 1.90 bits per heavy atom. The van der Waals surface area contributed by atoms with E-state index in [0.29, 0.717) is 12.1 Å². The lowest BCUT2D eigenvalue weighted by Crippen LogP contribution is -2.36. The summed E-state index contributed by atoms with van der Waals surface area (Å²) in [7, 11) is 2.27. The summed E-state index contributed by atoms with van der Waals surface area (Å²) in [5.74, 6) is 0.902. The van der Waals surface area contributed by atoms with Crippen molar-refractivity contribution in [2.75, 3.05) is 11.9 Å². The fraction of sp³-hybridized carbons (Fsp3) is 0.667. The molecule has 0 heterocycles. The van der Waals surface area contributed by atoms with Crippen molar-refractivity contribution >= 4 is 21.6 Å². The molecule has 2 rings (SSSR count). The topological polar surface area (TPSA) is 15.3 Å². The molecule has 1 saturated carbocycles. The van der Waals surface area contributed by atoms with Gasteiger partial charge in [-0.05, 0) is 49.3 Å². The number of nitrogens with one attached hydrogen (secondary N) is 1. The molecule has 0 spiro atoms. The van der Waals surface area contributed by atoms with Crippen molar-refractivity contribution in [1.29, 1.82) is 0 Å². The summed E-state index contributed by atoms with van der Waals surface area (Å²) in [4.78, 5) is 2.51. The number of rotatable bonds is 5. The second-order valence-electron chi connectivity index (χ2n) is 6.83. The Morgan fingerprint density at radius 1 is 1.24 bits per heavy atom. The van der Waals surface area contributed by atoms with Crippen molar-refractivity contribution in [3.8, 4) is 0 Å². The zero-order valence-corrected chi connectivity index (χ0v) is 15.4. The first-order valence-corrected chi connectivity index (χ1v) is 9.01. The minimum atomic E-state index is 0.516. The summed E-state index contributed by atoms with van der Waals surface area (Å²) in [6.07, 6.45) is 5.37. The van der Waals surface area contributed by atoms with Crippen LogP contribution in [-0.2, 0) is 6.54 Å². The molecule has 1 N–H and O–H groups in total. The standard InChI is InChI=1S/C18H29BrN2/c1-13(2)20-12-15-7-8-16(19)11-18(15)21(4)17-9-5-14(3)6-10-17/h7-8,11,13-14,17,20H,5-6,9-10,12H2,1-4H3. The Hall–Kier alpha value is -0.540. The molecule has 0 radical (unpaired) electrons. The summed E-state index contributed by atoms with van der Waals surface area (Å²) in [6.45, 7) is 7.72. The first-order valence-electron chi connectivity index (χ1n) is 8.22. The van der Waals surface area contributed by atoms with Crippen molar-refractivity contribution in [2.24, 2.45) is 5.92 Å². The Balaban J connectivity index is 2.14. The Labute approximate surface area is 138 Å². The lowest BCUT2D eigenvalue weighted by molar-refractivity contribution is 0.340. The largest absolute Gasteiger partial charge is 0.371 e. The summed E-state index contributed by atoms with van der Waals surface area (Å²) in [5.41, 5.74) is 2.77. The van der Waals surface area contributed by atoms with Crippen LogP contribution in [-0.4, -0.2) is 19.1 Å². The number of anilines is 1. The number of hydrogen-bond acceptors (Lipinski definition) is 2. The molecule has 0 aromatic heterocycles. The van der Waals surface area contributed by atoms with Crippen molar-refractivity contribution < 1.29 is 0 Å². The Bertz CT molecular complexity index is 451. The molecule has 0 aliphatic heterocycles. The third-order valence-corrected chi connectivity index (χ3v) is 5.15. The van der Waals surface area contributed by atoms with Gasteiger partial charge in [-0.1, -0.05) is 42.8 Å². The predicted octanol–water partition coefficient (Wildman–Crippen LogP) is 4.96. The molecule has 1 aromatic rings. The molecule has 1 fully saturated rings. The van der Waals surface area contributed by atoms with Gasteiger partial charge in [0.15, 0.2) is 0 Å². The molecule has 3 heteroatoms. The van der Waals surface area contributed by atoms with Crippen LogP contribution in [0.4, 0.5) is 5.69 Å². The van der Waals surface area contributed by atoms with Gasteiger partial charge in [-0.3, -0.25) is 0 Å². The lowest BCUT2D eigenvalue weighted by atomic mass is 9.86. The van der Waals surface area contributed by atoms with E-state index < -0.39 is 0 Å². The zero-order chi connectivity index (χ0) is 15.4. The van der Waals surface area contributed by atoms with Gasteiger partial charge in [0.25, 0.3) is 0 Å². The predicted molar refractivity (Wildman–Crippen MR) is 95.9 cm³/mol. The molecule has 118 valence electrons. The maximum absolute atomic E-state index is 3.63. The second-order valence-corrected chi connectivity index (χ2v) is 7.75. The maximum Gasteiger partial charge on any atom is 0.0423 e. The molecule has 1 aliphatic rings. The molecule has 1 aliphatic carbocycles. The van der Waals surface area contributed by atoms with E-state index in [0.717, 1.165) is 12.5 Å². The molecule has 0 atom stereocenters. The lowest BCUT2D eigenvalue weighted by Gasteiger charge is -2.36. The average Bonchev–Trinajstić information content (AvgIpc) is 2.46. The van der Waals surface area contributed by atoms with Gasteiger partial charge in [-0.15, -0.1) is 0 Å². The van der Waals surface area contributed by atoms with Crippen LogP contribution in [0.3, 0.4) is 0 Å². The molecule has 21 heavy (non-hydrogen) atoms. The van der Waals surface area contributed by atoms with Crippen LogP contribution in [0.1, 0.15) is 52.0 Å². The fourth-order valence-corrected chi connectivity index (χ4v) is 3.50. The maximum atomic E-state index is 3.63. The summed E-state index contributed by atoms with van der Waals surface area (Å²) < 4.78 is 1.17. The van der Waals surface area contributed by atoms with Gasteiger partial charge in [-0.25, -0.2) is 0 Å². The normalized spacial score (nSPS) is 22.6. The number of halogens is 1. The van der Waals surface area contributed by atoms with Crippen LogP contribution in [0.2, 0.25) is 0 Å². The van der Waals surface area contributed by atoms with E-state index in [-0.39, 0.29) is 0 Å². The molecular weight excluding hydrogens is 324 g/mol. The third kappa shape index (κ3) is 4.72.